The van der Waals surface area contributed by atoms with E-state index in [9.17, 15) is 9.59 Å². The van der Waals surface area contributed by atoms with Gasteiger partial charge in [0, 0.05) is 6.08 Å². The summed E-state index contributed by atoms with van der Waals surface area (Å²) in [6.45, 7) is 0. The molecule has 0 radical (unpaired) electrons. The molecule has 0 fully saturated rings. The van der Waals surface area contributed by atoms with Crippen molar-refractivity contribution in [2.75, 3.05) is 0 Å². The Morgan fingerprint density at radius 2 is 2.00 bits per heavy atom. The third kappa shape index (κ3) is 2.69. The Hall–Kier alpha value is -1.12. The van der Waals surface area contributed by atoms with Gasteiger partial charge in [0.15, 0.2) is 6.29 Å². The zero-order valence-electron chi connectivity index (χ0n) is 3.63. The molecule has 0 aliphatic carbocycles. The molecule has 0 heterocycles. The van der Waals surface area contributed by atoms with E-state index in [4.69, 9.17) is 5.73 Å². The van der Waals surface area contributed by atoms with E-state index in [0.29, 0.717) is 12.6 Å². The Kier molecular flexibility index (Phi) is 2.59. The van der Waals surface area contributed by atoms with E-state index >= 15 is 0 Å². The molecule has 0 bridgehead atoms. The van der Waals surface area contributed by atoms with Crippen LogP contribution in [0.15, 0.2) is 11.8 Å². The predicted molar refractivity (Wildman–Crippen MR) is 24.4 cm³/mol. The van der Waals surface area contributed by atoms with Crippen LogP contribution in [0.1, 0.15) is 0 Å². The molecule has 0 aromatic rings. The summed E-state index contributed by atoms with van der Waals surface area (Å²) in [4.78, 5) is 19.0. The van der Waals surface area contributed by atoms with Crippen LogP contribution in [0.25, 0.3) is 0 Å². The molecule has 3 nitrogen and oxygen atoms in total. The predicted octanol–water partition coefficient (Wildman–Crippen LogP) is -0.773. The molecule has 0 saturated carbocycles. The van der Waals surface area contributed by atoms with E-state index in [0.717, 1.165) is 6.08 Å². The lowest BCUT2D eigenvalue weighted by Crippen LogP contribution is -1.96. The zero-order chi connectivity index (χ0) is 5.70. The van der Waals surface area contributed by atoms with E-state index in [2.05, 4.69) is 0 Å². The number of nitrogens with two attached hydrogens (primary N) is 1. The van der Waals surface area contributed by atoms with Gasteiger partial charge in [-0.2, -0.15) is 0 Å². The van der Waals surface area contributed by atoms with Crippen molar-refractivity contribution < 1.29 is 9.59 Å². The second-order valence-corrected chi connectivity index (χ2v) is 0.921. The summed E-state index contributed by atoms with van der Waals surface area (Å²) in [6.07, 6.45) is 1.87. The summed E-state index contributed by atoms with van der Waals surface area (Å²) in [5, 5.41) is 0. The van der Waals surface area contributed by atoms with Crippen molar-refractivity contribution in [3.8, 4) is 0 Å². The minimum Gasteiger partial charge on any atom is -0.396 e. The summed E-state index contributed by atoms with van der Waals surface area (Å²) in [5.41, 5.74) is 4.80. The third-order valence-electron chi connectivity index (χ3n) is 0.397. The molecule has 0 rings (SSSR count). The summed E-state index contributed by atoms with van der Waals surface area (Å²) < 4.78 is 0. The normalized spacial score (nSPS) is 10.6. The molecule has 3 heteroatoms. The van der Waals surface area contributed by atoms with Gasteiger partial charge in [0.2, 0.25) is 0 Å². The molecule has 7 heavy (non-hydrogen) atoms. The van der Waals surface area contributed by atoms with Crippen LogP contribution in [0.2, 0.25) is 0 Å². The highest BCUT2D eigenvalue weighted by Gasteiger charge is 1.76. The number of hydrogen-bond acceptors (Lipinski definition) is 3. The summed E-state index contributed by atoms with van der Waals surface area (Å²) in [5.74, 6) is 0. The zero-order valence-corrected chi connectivity index (χ0v) is 3.63. The Balaban J connectivity index is 3.72. The van der Waals surface area contributed by atoms with Crippen LogP contribution in [-0.4, -0.2) is 12.6 Å². The van der Waals surface area contributed by atoms with Crippen LogP contribution < -0.4 is 5.73 Å². The van der Waals surface area contributed by atoms with Crippen molar-refractivity contribution in [3.05, 3.63) is 11.8 Å². The highest BCUT2D eigenvalue weighted by Crippen LogP contribution is 1.67. The molecule has 0 aliphatic rings. The van der Waals surface area contributed by atoms with Crippen molar-refractivity contribution in [1.29, 1.82) is 0 Å². The fourth-order valence-corrected chi connectivity index (χ4v) is 0.118. The van der Waals surface area contributed by atoms with Gasteiger partial charge in [-0.15, -0.1) is 0 Å². The number of allylic oxidation sites excluding steroid dienone is 2. The SMILES string of the molecule is N/C(C=O)=C\C=O. The van der Waals surface area contributed by atoms with Crippen LogP contribution in [0.5, 0.6) is 0 Å². The number of hydrogen-bond donors (Lipinski definition) is 1. The van der Waals surface area contributed by atoms with Crippen molar-refractivity contribution in [2.45, 2.75) is 0 Å². The topological polar surface area (TPSA) is 60.2 Å². The Bertz CT molecular complexity index is 106. The first-order valence-corrected chi connectivity index (χ1v) is 1.67. The lowest BCUT2D eigenvalue weighted by Gasteiger charge is -1.75. The van der Waals surface area contributed by atoms with Crippen molar-refractivity contribution in [3.63, 3.8) is 0 Å². The summed E-state index contributed by atoms with van der Waals surface area (Å²) in [6, 6.07) is 0. The molecule has 0 unspecified atom stereocenters. The highest BCUT2D eigenvalue weighted by molar-refractivity contribution is 5.80. The van der Waals surface area contributed by atoms with Crippen molar-refractivity contribution >= 4 is 12.6 Å². The van der Waals surface area contributed by atoms with Gasteiger partial charge in [0.25, 0.3) is 0 Å². The quantitative estimate of drug-likeness (QED) is 0.365. The van der Waals surface area contributed by atoms with Gasteiger partial charge in [-0.25, -0.2) is 0 Å². The largest absolute Gasteiger partial charge is 0.396 e. The number of carbonyl (C=O) groups is 2. The highest BCUT2D eigenvalue weighted by atomic mass is 16.1. The summed E-state index contributed by atoms with van der Waals surface area (Å²) >= 11 is 0. The lowest BCUT2D eigenvalue weighted by molar-refractivity contribution is -0.106. The van der Waals surface area contributed by atoms with Gasteiger partial charge in [-0.3, -0.25) is 9.59 Å². The van der Waals surface area contributed by atoms with Gasteiger partial charge in [-0.1, -0.05) is 0 Å². The van der Waals surface area contributed by atoms with Gasteiger partial charge in [0.05, 0.1) is 5.70 Å². The van der Waals surface area contributed by atoms with Gasteiger partial charge in [0.1, 0.15) is 6.29 Å². The summed E-state index contributed by atoms with van der Waals surface area (Å²) in [7, 11) is 0. The first kappa shape index (κ1) is 5.88. The Morgan fingerprint density at radius 1 is 1.43 bits per heavy atom. The van der Waals surface area contributed by atoms with Crippen LogP contribution in [0, 0.1) is 0 Å². The van der Waals surface area contributed by atoms with E-state index in [1.807, 2.05) is 0 Å². The van der Waals surface area contributed by atoms with E-state index in [-0.39, 0.29) is 5.70 Å². The lowest BCUT2D eigenvalue weighted by atomic mass is 10.5. The maximum atomic E-state index is 9.54. The van der Waals surface area contributed by atoms with E-state index in [1.54, 1.807) is 0 Å². The van der Waals surface area contributed by atoms with E-state index < -0.39 is 0 Å². The molecule has 0 amide bonds. The molecule has 0 spiro atoms. The second kappa shape index (κ2) is 3.08. The molecule has 2 N–H and O–H groups in total. The maximum Gasteiger partial charge on any atom is 0.165 e. The molecule has 0 atom stereocenters. The average Bonchev–Trinajstić information content (AvgIpc) is 1.68. The van der Waals surface area contributed by atoms with Gasteiger partial charge in [-0.05, 0) is 0 Å². The number of carbonyl (C=O) groups excluding carboxylic acids is 2. The number of aldehydes is 2. The molecule has 0 saturated heterocycles. The van der Waals surface area contributed by atoms with Crippen LogP contribution in [0.4, 0.5) is 0 Å². The first-order valence-electron chi connectivity index (χ1n) is 1.67. The van der Waals surface area contributed by atoms with Gasteiger partial charge >= 0.3 is 0 Å². The fourth-order valence-electron chi connectivity index (χ4n) is 0.118. The average molecular weight is 99.1 g/mol. The monoisotopic (exact) mass is 99.0 g/mol. The molecule has 0 aliphatic heterocycles. The van der Waals surface area contributed by atoms with Crippen molar-refractivity contribution in [1.82, 2.24) is 0 Å². The van der Waals surface area contributed by atoms with Gasteiger partial charge < -0.3 is 5.73 Å². The van der Waals surface area contributed by atoms with Crippen molar-refractivity contribution in [2.24, 2.45) is 5.73 Å². The minimum atomic E-state index is -0.0463. The van der Waals surface area contributed by atoms with Crippen LogP contribution in [0.3, 0.4) is 0 Å². The molecule has 0 aromatic heterocycles. The smallest absolute Gasteiger partial charge is 0.165 e. The molecule has 0 aromatic carbocycles. The first-order chi connectivity index (χ1) is 3.31. The van der Waals surface area contributed by atoms with Crippen LogP contribution >= 0.6 is 0 Å². The second-order valence-electron chi connectivity index (χ2n) is 0.921. The maximum absolute atomic E-state index is 9.54. The third-order valence-corrected chi connectivity index (χ3v) is 0.397. The standard InChI is InChI=1S/C4H5NO2/c5-4(3-7)1-2-6/h1-3H,5H2/b4-1-. The fraction of sp³-hybridized carbons (Fsp3) is 0. The molecular formula is C4H5NO2. The minimum absolute atomic E-state index is 0.0463. The molecular weight excluding hydrogens is 94.0 g/mol. The molecule has 38 valence electrons. The Labute approximate surface area is 40.8 Å². The van der Waals surface area contributed by atoms with Crippen LogP contribution in [-0.2, 0) is 9.59 Å². The Morgan fingerprint density at radius 3 is 2.14 bits per heavy atom. The number of rotatable bonds is 2. The van der Waals surface area contributed by atoms with E-state index in [1.165, 1.54) is 0 Å².